The number of hydrogen-bond acceptors (Lipinski definition) is 6. The van der Waals surface area contributed by atoms with Crippen molar-refractivity contribution < 1.29 is 27.9 Å². The fourth-order valence-electron chi connectivity index (χ4n) is 4.84. The van der Waals surface area contributed by atoms with E-state index in [2.05, 4.69) is 17.0 Å². The van der Waals surface area contributed by atoms with Gasteiger partial charge in [0.15, 0.2) is 5.65 Å². The van der Waals surface area contributed by atoms with E-state index in [4.69, 9.17) is 0 Å². The van der Waals surface area contributed by atoms with Crippen molar-refractivity contribution in [2.75, 3.05) is 11.4 Å². The number of nitrogens with zero attached hydrogens (tertiary/aromatic N) is 4. The molecule has 1 aliphatic carbocycles. The Kier molecular flexibility index (Phi) is 8.07. The van der Waals surface area contributed by atoms with Gasteiger partial charge in [0, 0.05) is 34.8 Å². The Morgan fingerprint density at radius 1 is 1.10 bits per heavy atom. The van der Waals surface area contributed by atoms with Gasteiger partial charge in [-0.2, -0.15) is 18.3 Å². The number of aromatic nitrogens is 3. The number of carbonyl (C=O) groups is 2. The van der Waals surface area contributed by atoms with E-state index in [1.54, 1.807) is 47.2 Å². The van der Waals surface area contributed by atoms with Crippen LogP contribution >= 0.6 is 11.3 Å². The topological polar surface area (TPSA) is 123 Å². The third-order valence-corrected chi connectivity index (χ3v) is 8.03. The van der Waals surface area contributed by atoms with Gasteiger partial charge < -0.3 is 16.2 Å². The number of alkyl halides is 3. The second-order valence-electron chi connectivity index (χ2n) is 9.66. The Labute approximate surface area is 226 Å². The highest BCUT2D eigenvalue weighted by molar-refractivity contribution is 7.18. The van der Waals surface area contributed by atoms with Crippen LogP contribution in [0.1, 0.15) is 42.3 Å². The highest BCUT2D eigenvalue weighted by Gasteiger charge is 2.39. The van der Waals surface area contributed by atoms with Crippen LogP contribution in [-0.2, 0) is 4.79 Å². The number of rotatable bonds is 6. The minimum atomic E-state index is -4.68. The van der Waals surface area contributed by atoms with Gasteiger partial charge in [0.2, 0.25) is 5.91 Å². The minimum Gasteiger partial charge on any atom is -0.477 e. The third-order valence-electron chi connectivity index (χ3n) is 6.87. The van der Waals surface area contributed by atoms with Crippen LogP contribution in [0.3, 0.4) is 0 Å². The van der Waals surface area contributed by atoms with Gasteiger partial charge in [0.1, 0.15) is 11.4 Å². The lowest BCUT2D eigenvalue weighted by atomic mass is 9.82. The summed E-state index contributed by atoms with van der Waals surface area (Å²) in [6.07, 6.45) is 1.27. The van der Waals surface area contributed by atoms with Crippen molar-refractivity contribution in [2.45, 2.75) is 38.8 Å². The fraction of sp³-hybridized carbons (Fsp3) is 0.333. The molecule has 8 nitrogen and oxygen atoms in total. The van der Waals surface area contributed by atoms with Crippen LogP contribution in [0, 0.1) is 11.8 Å². The molecule has 3 aromatic heterocycles. The molecule has 0 aliphatic heterocycles. The number of carboxylic acids is 1. The van der Waals surface area contributed by atoms with Gasteiger partial charge in [-0.05, 0) is 49.3 Å². The summed E-state index contributed by atoms with van der Waals surface area (Å²) in [6.45, 7) is 0.522. The minimum absolute atomic E-state index is 0. The van der Waals surface area contributed by atoms with Gasteiger partial charge in [-0.1, -0.05) is 31.2 Å². The molecule has 4 aromatic rings. The number of hydrogen-bond donors (Lipinski definition) is 2. The Bertz CT molecular complexity index is 1440. The molecule has 0 spiro atoms. The molecule has 1 aliphatic rings. The van der Waals surface area contributed by atoms with Crippen LogP contribution in [0.15, 0.2) is 54.9 Å². The smallest absolute Gasteiger partial charge is 0.406 e. The maximum Gasteiger partial charge on any atom is 0.406 e. The van der Waals surface area contributed by atoms with Crippen molar-refractivity contribution in [3.05, 3.63) is 59.7 Å². The first-order valence-electron chi connectivity index (χ1n) is 12.3. The Hall–Kier alpha value is -3.77. The van der Waals surface area contributed by atoms with Crippen molar-refractivity contribution in [1.82, 2.24) is 20.7 Å². The zero-order valence-electron chi connectivity index (χ0n) is 21.2. The third kappa shape index (κ3) is 6.12. The summed E-state index contributed by atoms with van der Waals surface area (Å²) in [4.78, 5) is 30.4. The molecular weight excluding hydrogens is 531 g/mol. The van der Waals surface area contributed by atoms with E-state index in [9.17, 15) is 27.9 Å². The van der Waals surface area contributed by atoms with E-state index in [1.807, 2.05) is 6.07 Å². The summed E-state index contributed by atoms with van der Waals surface area (Å²) in [5.74, 6) is -2.19. The molecule has 1 fully saturated rings. The average Bonchev–Trinajstić information content (AvgIpc) is 3.52. The highest BCUT2D eigenvalue weighted by atomic mass is 32.1. The average molecular weight is 560 g/mol. The monoisotopic (exact) mass is 559 g/mol. The predicted molar refractivity (Wildman–Crippen MR) is 143 cm³/mol. The highest BCUT2D eigenvalue weighted by Crippen LogP contribution is 2.40. The molecule has 5 rings (SSSR count). The van der Waals surface area contributed by atoms with Gasteiger partial charge in [0.05, 0.1) is 11.4 Å². The molecule has 3 heterocycles. The van der Waals surface area contributed by atoms with E-state index < -0.39 is 30.5 Å². The number of aromatic carboxylic acids is 1. The maximum atomic E-state index is 13.6. The Morgan fingerprint density at radius 2 is 1.77 bits per heavy atom. The number of anilines is 1. The molecule has 4 N–H and O–H groups in total. The molecule has 1 saturated carbocycles. The number of carbonyl (C=O) groups excluding carboxylic acids is 1. The van der Waals surface area contributed by atoms with Crippen LogP contribution in [0.2, 0.25) is 0 Å². The number of halogens is 3. The number of amides is 1. The van der Waals surface area contributed by atoms with Crippen LogP contribution in [0.5, 0.6) is 0 Å². The number of carboxylic acid groups (broad SMARTS) is 1. The molecule has 0 saturated heterocycles. The van der Waals surface area contributed by atoms with Crippen molar-refractivity contribution in [2.24, 2.45) is 11.8 Å². The number of fused-ring (bicyclic) bond motifs is 1. The lowest BCUT2D eigenvalue weighted by Crippen LogP contribution is -2.43. The van der Waals surface area contributed by atoms with Crippen molar-refractivity contribution in [1.29, 1.82) is 0 Å². The van der Waals surface area contributed by atoms with E-state index in [-0.39, 0.29) is 16.7 Å². The molecule has 0 bridgehead atoms. The molecule has 1 aromatic carbocycles. The first-order chi connectivity index (χ1) is 18.1. The first kappa shape index (κ1) is 28.2. The van der Waals surface area contributed by atoms with Crippen molar-refractivity contribution in [3.63, 3.8) is 0 Å². The maximum absolute atomic E-state index is 13.6. The van der Waals surface area contributed by atoms with Gasteiger partial charge in [-0.25, -0.2) is 14.3 Å². The van der Waals surface area contributed by atoms with Crippen LogP contribution in [0.4, 0.5) is 18.9 Å². The molecule has 1 amide bonds. The number of benzene rings is 1. The predicted octanol–water partition coefficient (Wildman–Crippen LogP) is 6.71. The number of thiophene rings is 1. The summed E-state index contributed by atoms with van der Waals surface area (Å²) >= 11 is 0.854. The van der Waals surface area contributed by atoms with E-state index in [0.29, 0.717) is 45.4 Å². The van der Waals surface area contributed by atoms with Gasteiger partial charge >= 0.3 is 12.1 Å². The van der Waals surface area contributed by atoms with Gasteiger partial charge in [0.25, 0.3) is 0 Å². The molecule has 0 unspecified atom stereocenters. The zero-order chi connectivity index (χ0) is 27.0. The normalized spacial score (nSPS) is 17.5. The summed E-state index contributed by atoms with van der Waals surface area (Å²) in [5.41, 5.74) is 2.59. The fourth-order valence-corrected chi connectivity index (χ4v) is 5.85. The van der Waals surface area contributed by atoms with E-state index in [1.165, 1.54) is 6.07 Å². The molecule has 206 valence electrons. The molecular formula is C27H28F3N5O3S. The lowest BCUT2D eigenvalue weighted by Gasteiger charge is -2.31. The Morgan fingerprint density at radius 3 is 2.38 bits per heavy atom. The second kappa shape index (κ2) is 11.1. The largest absolute Gasteiger partial charge is 0.477 e. The summed E-state index contributed by atoms with van der Waals surface area (Å²) in [7, 11) is 0. The lowest BCUT2D eigenvalue weighted by molar-refractivity contribution is -0.135. The summed E-state index contributed by atoms with van der Waals surface area (Å²) in [5, 5.41) is 14.3. The van der Waals surface area contributed by atoms with E-state index in [0.717, 1.165) is 29.7 Å². The molecule has 39 heavy (non-hydrogen) atoms. The molecule has 0 radical (unpaired) electrons. The Balaban J connectivity index is 0.00000353. The quantitative estimate of drug-likeness (QED) is 0.271. The van der Waals surface area contributed by atoms with Gasteiger partial charge in [-0.15, -0.1) is 11.3 Å². The SMILES string of the molecule is CC1CCC(C(=O)N(CC(F)(F)F)c2cc(-c3ccc(-c4cc5ncccn5n4)cc3)sc2C(=O)O)CC1.N. The summed E-state index contributed by atoms with van der Waals surface area (Å²) < 4.78 is 42.4. The van der Waals surface area contributed by atoms with Crippen LogP contribution in [-0.4, -0.2) is 44.3 Å². The zero-order valence-corrected chi connectivity index (χ0v) is 22.0. The second-order valence-corrected chi connectivity index (χ2v) is 10.7. The molecule has 12 heteroatoms. The standard InChI is InChI=1S/C27H25F3N4O3S.H3N/c1-16-3-5-19(6-4-16)25(35)33(15-27(28,29)30)21-14-22(38-24(21)26(36)37)18-9-7-17(8-10-18)20-13-23-31-11-2-12-34(23)32-20;/h2,7-14,16,19H,3-6,15H2,1H3,(H,36,37);1H3. The van der Waals surface area contributed by atoms with Crippen molar-refractivity contribution >= 4 is 34.5 Å². The first-order valence-corrected chi connectivity index (χ1v) is 13.1. The van der Waals surface area contributed by atoms with E-state index >= 15 is 0 Å². The van der Waals surface area contributed by atoms with Crippen LogP contribution < -0.4 is 11.1 Å². The van der Waals surface area contributed by atoms with Gasteiger partial charge in [-0.3, -0.25) is 4.79 Å². The molecule has 0 atom stereocenters. The van der Waals surface area contributed by atoms with Crippen molar-refractivity contribution in [3.8, 4) is 21.7 Å². The van der Waals surface area contributed by atoms with Crippen LogP contribution in [0.25, 0.3) is 27.3 Å². The summed E-state index contributed by atoms with van der Waals surface area (Å²) in [6, 6.07) is 12.1.